The molecule has 2 rings (SSSR count). The van der Waals surface area contributed by atoms with Crippen LogP contribution in [0.1, 0.15) is 47.0 Å². The average molecular weight is 577 g/mol. The first-order valence-electron chi connectivity index (χ1n) is 12.2. The standard InChI is InChI=1S/C24H36FN3O8S2/c1-14(2)11-18(28-23(32)36-13-24(3,4)37-17-7-5-16(25)6-8-17)21(30)27-19(22(31)38(33,34)35)12-15-9-10-26-20(15)29/h5-8,14-15,18-19,22,31H,9-13H2,1-4H3,(H,26,29)(H,27,30)(H,28,32)(H,33,34,35)/p-1/t15-,18-,19-,22?/m0/s1. The van der Waals surface area contributed by atoms with Gasteiger partial charge in [0.2, 0.25) is 11.8 Å². The van der Waals surface area contributed by atoms with Gasteiger partial charge in [0.05, 0.1) is 6.04 Å². The van der Waals surface area contributed by atoms with Gasteiger partial charge in [-0.15, -0.1) is 11.8 Å². The van der Waals surface area contributed by atoms with Gasteiger partial charge in [0, 0.05) is 22.1 Å². The molecule has 1 unspecified atom stereocenters. The summed E-state index contributed by atoms with van der Waals surface area (Å²) in [6, 6.07) is 3.12. The maximum atomic E-state index is 13.2. The Morgan fingerprint density at radius 2 is 1.89 bits per heavy atom. The van der Waals surface area contributed by atoms with Crippen molar-refractivity contribution in [2.24, 2.45) is 11.8 Å². The van der Waals surface area contributed by atoms with E-state index in [4.69, 9.17) is 4.74 Å². The highest BCUT2D eigenvalue weighted by atomic mass is 32.2. The first-order chi connectivity index (χ1) is 17.6. The Morgan fingerprint density at radius 1 is 1.26 bits per heavy atom. The number of hydrogen-bond acceptors (Lipinski definition) is 9. The molecule has 1 aliphatic heterocycles. The van der Waals surface area contributed by atoms with Crippen LogP contribution in [0.4, 0.5) is 9.18 Å². The Morgan fingerprint density at radius 3 is 2.42 bits per heavy atom. The van der Waals surface area contributed by atoms with Crippen LogP contribution in [0.3, 0.4) is 0 Å². The molecule has 0 bridgehead atoms. The number of aliphatic hydroxyl groups excluding tert-OH is 1. The molecular weight excluding hydrogens is 541 g/mol. The lowest BCUT2D eigenvalue weighted by molar-refractivity contribution is -0.126. The molecule has 38 heavy (non-hydrogen) atoms. The lowest BCUT2D eigenvalue weighted by Crippen LogP contribution is -2.55. The second kappa shape index (κ2) is 13.6. The van der Waals surface area contributed by atoms with Gasteiger partial charge < -0.3 is 30.3 Å². The smallest absolute Gasteiger partial charge is 0.407 e. The molecule has 0 saturated carbocycles. The summed E-state index contributed by atoms with van der Waals surface area (Å²) in [4.78, 5) is 38.3. The summed E-state index contributed by atoms with van der Waals surface area (Å²) in [6.45, 7) is 7.54. The third-order valence-corrected chi connectivity index (χ3v) is 7.84. The van der Waals surface area contributed by atoms with E-state index >= 15 is 0 Å². The van der Waals surface area contributed by atoms with Crippen LogP contribution in [-0.4, -0.2) is 71.4 Å². The lowest BCUT2D eigenvalue weighted by Gasteiger charge is -2.30. The van der Waals surface area contributed by atoms with Gasteiger partial charge in [-0.1, -0.05) is 13.8 Å². The molecule has 1 aliphatic rings. The van der Waals surface area contributed by atoms with Crippen molar-refractivity contribution in [1.29, 1.82) is 0 Å². The van der Waals surface area contributed by atoms with Gasteiger partial charge in [0.25, 0.3) is 0 Å². The summed E-state index contributed by atoms with van der Waals surface area (Å²) in [7, 11) is -5.21. The van der Waals surface area contributed by atoms with E-state index in [-0.39, 0.29) is 37.1 Å². The fourth-order valence-electron chi connectivity index (χ4n) is 3.88. The molecule has 0 spiro atoms. The topological polar surface area (TPSA) is 174 Å². The second-order valence-corrected chi connectivity index (χ2v) is 13.5. The van der Waals surface area contributed by atoms with Gasteiger partial charge >= 0.3 is 6.09 Å². The maximum absolute atomic E-state index is 13.2. The minimum absolute atomic E-state index is 0.0521. The van der Waals surface area contributed by atoms with E-state index in [0.717, 1.165) is 4.90 Å². The number of carbonyl (C=O) groups is 3. The number of hydrogen-bond donors (Lipinski definition) is 4. The van der Waals surface area contributed by atoms with Crippen molar-refractivity contribution in [3.05, 3.63) is 30.1 Å². The summed E-state index contributed by atoms with van der Waals surface area (Å²) >= 11 is 1.36. The van der Waals surface area contributed by atoms with E-state index in [0.29, 0.717) is 13.0 Å². The zero-order chi connectivity index (χ0) is 28.7. The van der Waals surface area contributed by atoms with Gasteiger partial charge in [-0.3, -0.25) is 9.59 Å². The number of rotatable bonds is 13. The molecule has 1 aromatic carbocycles. The van der Waals surface area contributed by atoms with Crippen molar-refractivity contribution in [2.45, 2.75) is 74.1 Å². The van der Waals surface area contributed by atoms with Crippen molar-refractivity contribution < 1.29 is 41.6 Å². The third kappa shape index (κ3) is 10.4. The van der Waals surface area contributed by atoms with Crippen LogP contribution in [0, 0.1) is 17.7 Å². The van der Waals surface area contributed by atoms with E-state index in [2.05, 4.69) is 16.0 Å². The summed E-state index contributed by atoms with van der Waals surface area (Å²) in [5.74, 6) is -2.35. The molecule has 1 fully saturated rings. The number of halogens is 1. The zero-order valence-corrected chi connectivity index (χ0v) is 23.4. The van der Waals surface area contributed by atoms with E-state index in [9.17, 15) is 36.9 Å². The Bertz CT molecular complexity index is 1080. The summed E-state index contributed by atoms with van der Waals surface area (Å²) < 4.78 is 52.4. The maximum Gasteiger partial charge on any atom is 0.407 e. The molecule has 1 aromatic rings. The number of carbonyl (C=O) groups excluding carboxylic acids is 3. The lowest BCUT2D eigenvalue weighted by atomic mass is 9.97. The highest BCUT2D eigenvalue weighted by molar-refractivity contribution is 8.00. The first kappa shape index (κ1) is 31.8. The molecule has 1 heterocycles. The molecule has 14 heteroatoms. The molecule has 0 radical (unpaired) electrons. The van der Waals surface area contributed by atoms with Crippen LogP contribution in [0.2, 0.25) is 0 Å². The van der Waals surface area contributed by atoms with Crippen LogP contribution in [0.25, 0.3) is 0 Å². The van der Waals surface area contributed by atoms with Gasteiger partial charge in [0.15, 0.2) is 5.44 Å². The number of thioether (sulfide) groups is 1. The highest BCUT2D eigenvalue weighted by Gasteiger charge is 2.35. The Hall–Kier alpha value is -2.42. The molecule has 4 N–H and O–H groups in total. The van der Waals surface area contributed by atoms with Gasteiger partial charge in [-0.25, -0.2) is 17.6 Å². The monoisotopic (exact) mass is 576 g/mol. The van der Waals surface area contributed by atoms with E-state index in [1.165, 1.54) is 23.9 Å². The number of ether oxygens (including phenoxy) is 1. The second-order valence-electron chi connectivity index (χ2n) is 10.2. The quantitative estimate of drug-likeness (QED) is 0.201. The Balaban J connectivity index is 2.05. The average Bonchev–Trinajstić information content (AvgIpc) is 3.21. The number of benzene rings is 1. The molecule has 11 nitrogen and oxygen atoms in total. The summed E-state index contributed by atoms with van der Waals surface area (Å²) in [5.41, 5.74) is -2.48. The fourth-order valence-corrected chi connectivity index (χ4v) is 5.49. The Kier molecular flexibility index (Phi) is 11.4. The zero-order valence-electron chi connectivity index (χ0n) is 21.7. The van der Waals surface area contributed by atoms with Crippen LogP contribution < -0.4 is 16.0 Å². The van der Waals surface area contributed by atoms with Crippen molar-refractivity contribution >= 4 is 39.8 Å². The normalized spacial score (nSPS) is 18.4. The van der Waals surface area contributed by atoms with Crippen molar-refractivity contribution in [2.75, 3.05) is 13.2 Å². The van der Waals surface area contributed by atoms with E-state index in [1.807, 2.05) is 13.8 Å². The van der Waals surface area contributed by atoms with Crippen LogP contribution >= 0.6 is 11.8 Å². The van der Waals surface area contributed by atoms with E-state index < -0.39 is 50.3 Å². The first-order valence-corrected chi connectivity index (χ1v) is 14.4. The summed E-state index contributed by atoms with van der Waals surface area (Å²) in [6.07, 6.45) is -0.677. The predicted octanol–water partition coefficient (Wildman–Crippen LogP) is 1.71. The molecule has 3 amide bonds. The molecule has 0 aromatic heterocycles. The highest BCUT2D eigenvalue weighted by Crippen LogP contribution is 2.32. The fraction of sp³-hybridized carbons (Fsp3) is 0.625. The van der Waals surface area contributed by atoms with Crippen molar-refractivity contribution in [1.82, 2.24) is 16.0 Å². The number of nitrogens with one attached hydrogen (secondary N) is 3. The van der Waals surface area contributed by atoms with Crippen molar-refractivity contribution in [3.8, 4) is 0 Å². The van der Waals surface area contributed by atoms with Crippen LogP contribution in [0.15, 0.2) is 29.2 Å². The predicted molar refractivity (Wildman–Crippen MR) is 137 cm³/mol. The van der Waals surface area contributed by atoms with E-state index in [1.54, 1.807) is 26.0 Å². The third-order valence-electron chi connectivity index (χ3n) is 5.74. The van der Waals surface area contributed by atoms with Crippen LogP contribution in [-0.2, 0) is 24.4 Å². The molecule has 214 valence electrons. The summed E-state index contributed by atoms with van der Waals surface area (Å²) in [5, 5.41) is 17.5. The number of aliphatic hydroxyl groups is 1. The Labute approximate surface area is 226 Å². The molecular formula is C24H35FN3O8S2-. The SMILES string of the molecule is CC(C)C[C@H](NC(=O)OCC(C)(C)Sc1ccc(F)cc1)C(=O)N[C@@H](C[C@@H]1CCNC1=O)C(O)S(=O)(=O)[O-]. The molecule has 1 saturated heterocycles. The van der Waals surface area contributed by atoms with Crippen LogP contribution in [0.5, 0.6) is 0 Å². The van der Waals surface area contributed by atoms with Gasteiger partial charge in [-0.05, 0) is 63.3 Å². The number of amides is 3. The molecule has 4 atom stereocenters. The minimum Gasteiger partial charge on any atom is -0.746 e. The number of alkyl carbamates (subject to hydrolysis) is 1. The van der Waals surface area contributed by atoms with Gasteiger partial charge in [-0.2, -0.15) is 0 Å². The molecule has 0 aliphatic carbocycles. The van der Waals surface area contributed by atoms with Crippen molar-refractivity contribution in [3.63, 3.8) is 0 Å². The minimum atomic E-state index is -5.21. The van der Waals surface area contributed by atoms with Gasteiger partial charge in [0.1, 0.15) is 28.6 Å². The largest absolute Gasteiger partial charge is 0.746 e.